The van der Waals surface area contributed by atoms with Crippen molar-refractivity contribution in [3.8, 4) is 0 Å². The fraction of sp³-hybridized carbons (Fsp3) is 0.125. The Labute approximate surface area is 74.5 Å². The first-order chi connectivity index (χ1) is 6.16. The molecule has 0 aliphatic carbocycles. The molecule has 0 radical (unpaired) electrons. The Morgan fingerprint density at radius 2 is 2.15 bits per heavy atom. The molecule has 0 atom stereocenters. The predicted molar refractivity (Wildman–Crippen MR) is 45.1 cm³/mol. The molecule has 0 spiro atoms. The lowest BCUT2D eigenvalue weighted by Gasteiger charge is -2.14. The molecular weight excluding hydrogens is 175 g/mol. The quantitative estimate of drug-likeness (QED) is 0.511. The molecule has 1 aromatic carbocycles. The highest BCUT2D eigenvalue weighted by molar-refractivity contribution is 5.89. The summed E-state index contributed by atoms with van der Waals surface area (Å²) in [6, 6.07) is 4.65. The average Bonchev–Trinajstić information content (AvgIpc) is 2.16. The first kappa shape index (κ1) is 9.47. The number of para-hydroxylation sites is 1. The Kier molecular flexibility index (Phi) is 2.81. The van der Waals surface area contributed by atoms with Crippen molar-refractivity contribution in [3.63, 3.8) is 0 Å². The van der Waals surface area contributed by atoms with Gasteiger partial charge in [-0.05, 0) is 12.1 Å². The van der Waals surface area contributed by atoms with E-state index in [1.54, 1.807) is 0 Å². The van der Waals surface area contributed by atoms with E-state index in [2.05, 4.69) is 5.32 Å². The van der Waals surface area contributed by atoms with Gasteiger partial charge in [0.2, 0.25) is 0 Å². The molecular formula is C8H9FN2O2. The van der Waals surface area contributed by atoms with Crippen LogP contribution in [0.5, 0.6) is 0 Å². The highest BCUT2D eigenvalue weighted by Gasteiger charge is 2.14. The van der Waals surface area contributed by atoms with E-state index in [4.69, 9.17) is 5.21 Å². The van der Waals surface area contributed by atoms with Gasteiger partial charge in [-0.2, -0.15) is 5.06 Å². The van der Waals surface area contributed by atoms with Crippen LogP contribution in [0, 0.1) is 5.82 Å². The third-order valence-electron chi connectivity index (χ3n) is 1.49. The molecule has 1 rings (SSSR count). The predicted octanol–water partition coefficient (Wildman–Crippen LogP) is 1.36. The summed E-state index contributed by atoms with van der Waals surface area (Å²) >= 11 is 0. The monoisotopic (exact) mass is 184 g/mol. The maximum absolute atomic E-state index is 13.0. The van der Waals surface area contributed by atoms with Crippen molar-refractivity contribution in [1.82, 2.24) is 5.32 Å². The number of hydroxylamine groups is 1. The van der Waals surface area contributed by atoms with Gasteiger partial charge in [-0.3, -0.25) is 5.21 Å². The minimum absolute atomic E-state index is 0.179. The average molecular weight is 184 g/mol. The Morgan fingerprint density at radius 1 is 1.54 bits per heavy atom. The zero-order chi connectivity index (χ0) is 9.84. The standard InChI is InChI=1S/C8H9FN2O2/c1-10-8(12)11(13)7-5-3-2-4-6(7)9/h2-5,13H,1H3,(H,10,12). The summed E-state index contributed by atoms with van der Waals surface area (Å²) in [5.74, 6) is -0.659. The summed E-state index contributed by atoms with van der Waals surface area (Å²) in [7, 11) is 1.34. The lowest BCUT2D eigenvalue weighted by molar-refractivity contribution is 0.205. The number of urea groups is 1. The molecule has 0 heterocycles. The molecule has 13 heavy (non-hydrogen) atoms. The summed E-state index contributed by atoms with van der Waals surface area (Å²) in [4.78, 5) is 10.9. The minimum atomic E-state index is -0.787. The largest absolute Gasteiger partial charge is 0.345 e. The Bertz CT molecular complexity index is 317. The first-order valence-electron chi connectivity index (χ1n) is 3.62. The maximum atomic E-state index is 13.0. The van der Waals surface area contributed by atoms with Gasteiger partial charge >= 0.3 is 6.03 Å². The van der Waals surface area contributed by atoms with Crippen molar-refractivity contribution in [2.75, 3.05) is 12.1 Å². The number of halogens is 1. The van der Waals surface area contributed by atoms with Crippen molar-refractivity contribution in [1.29, 1.82) is 0 Å². The van der Waals surface area contributed by atoms with Crippen LogP contribution >= 0.6 is 0 Å². The van der Waals surface area contributed by atoms with Gasteiger partial charge in [-0.15, -0.1) is 0 Å². The van der Waals surface area contributed by atoms with Crippen LogP contribution < -0.4 is 10.4 Å². The fourth-order valence-corrected chi connectivity index (χ4v) is 0.839. The second-order valence-corrected chi connectivity index (χ2v) is 2.32. The highest BCUT2D eigenvalue weighted by Crippen LogP contribution is 2.16. The molecule has 0 saturated heterocycles. The highest BCUT2D eigenvalue weighted by atomic mass is 19.1. The van der Waals surface area contributed by atoms with Gasteiger partial charge < -0.3 is 5.32 Å². The Morgan fingerprint density at radius 3 is 2.69 bits per heavy atom. The van der Waals surface area contributed by atoms with E-state index in [9.17, 15) is 9.18 Å². The van der Waals surface area contributed by atoms with Crippen molar-refractivity contribution in [2.24, 2.45) is 0 Å². The number of anilines is 1. The molecule has 0 saturated carbocycles. The number of hydrogen-bond donors (Lipinski definition) is 2. The summed E-state index contributed by atoms with van der Waals surface area (Å²) in [6.45, 7) is 0. The first-order valence-corrected chi connectivity index (χ1v) is 3.62. The van der Waals surface area contributed by atoms with Gasteiger partial charge in [0.15, 0.2) is 0 Å². The molecule has 5 heteroatoms. The van der Waals surface area contributed by atoms with Crippen LogP contribution in [-0.4, -0.2) is 18.3 Å². The van der Waals surface area contributed by atoms with Crippen LogP contribution in [0.4, 0.5) is 14.9 Å². The van der Waals surface area contributed by atoms with Gasteiger partial charge in [-0.1, -0.05) is 12.1 Å². The minimum Gasteiger partial charge on any atom is -0.339 e. The van der Waals surface area contributed by atoms with Crippen molar-refractivity contribution < 1.29 is 14.4 Å². The number of hydrogen-bond acceptors (Lipinski definition) is 2. The van der Waals surface area contributed by atoms with Gasteiger partial charge in [0.1, 0.15) is 11.5 Å². The third-order valence-corrected chi connectivity index (χ3v) is 1.49. The summed E-state index contributed by atoms with van der Waals surface area (Å²) in [6.07, 6.45) is 0. The van der Waals surface area contributed by atoms with Crippen molar-refractivity contribution in [3.05, 3.63) is 30.1 Å². The van der Waals surface area contributed by atoms with Gasteiger partial charge in [0, 0.05) is 7.05 Å². The van der Waals surface area contributed by atoms with Crippen LogP contribution in [0.15, 0.2) is 24.3 Å². The van der Waals surface area contributed by atoms with E-state index in [-0.39, 0.29) is 10.8 Å². The Hall–Kier alpha value is -1.62. The lowest BCUT2D eigenvalue weighted by Crippen LogP contribution is -2.35. The number of nitrogens with zero attached hydrogens (tertiary/aromatic N) is 1. The second kappa shape index (κ2) is 3.86. The SMILES string of the molecule is CNC(=O)N(O)c1ccccc1F. The molecule has 1 aromatic rings. The van der Waals surface area contributed by atoms with Gasteiger partial charge in [-0.25, -0.2) is 9.18 Å². The molecule has 4 nitrogen and oxygen atoms in total. The molecule has 0 aliphatic heterocycles. The maximum Gasteiger partial charge on any atom is 0.345 e. The zero-order valence-corrected chi connectivity index (χ0v) is 6.99. The number of carbonyl (C=O) groups is 1. The van der Waals surface area contributed by atoms with Crippen molar-refractivity contribution >= 4 is 11.7 Å². The van der Waals surface area contributed by atoms with E-state index in [0.717, 1.165) is 6.07 Å². The molecule has 0 fully saturated rings. The molecule has 70 valence electrons. The van der Waals surface area contributed by atoms with E-state index in [1.165, 1.54) is 25.2 Å². The lowest BCUT2D eigenvalue weighted by atomic mass is 10.3. The summed E-state index contributed by atoms with van der Waals surface area (Å²) in [5, 5.41) is 11.5. The van der Waals surface area contributed by atoms with Crippen LogP contribution in [0.25, 0.3) is 0 Å². The van der Waals surface area contributed by atoms with Gasteiger partial charge in [0.25, 0.3) is 0 Å². The van der Waals surface area contributed by atoms with Crippen molar-refractivity contribution in [2.45, 2.75) is 0 Å². The number of rotatable bonds is 1. The molecule has 0 aromatic heterocycles. The number of nitrogens with one attached hydrogen (secondary N) is 1. The molecule has 2 amide bonds. The van der Waals surface area contributed by atoms with Crippen LogP contribution in [0.3, 0.4) is 0 Å². The van der Waals surface area contributed by atoms with E-state index >= 15 is 0 Å². The second-order valence-electron chi connectivity index (χ2n) is 2.32. The number of amides is 2. The number of benzene rings is 1. The zero-order valence-electron chi connectivity index (χ0n) is 6.99. The van der Waals surface area contributed by atoms with Gasteiger partial charge in [0.05, 0.1) is 0 Å². The smallest absolute Gasteiger partial charge is 0.339 e. The fourth-order valence-electron chi connectivity index (χ4n) is 0.839. The van der Waals surface area contributed by atoms with Crippen LogP contribution in [0.2, 0.25) is 0 Å². The Balaban J connectivity index is 2.95. The van der Waals surface area contributed by atoms with E-state index in [0.29, 0.717) is 0 Å². The van der Waals surface area contributed by atoms with Crippen LogP contribution in [0.1, 0.15) is 0 Å². The van der Waals surface area contributed by atoms with E-state index < -0.39 is 11.8 Å². The number of carbonyl (C=O) groups excluding carboxylic acids is 1. The molecule has 0 aliphatic rings. The molecule has 0 bridgehead atoms. The van der Waals surface area contributed by atoms with Crippen LogP contribution in [-0.2, 0) is 0 Å². The normalized spacial score (nSPS) is 9.46. The van der Waals surface area contributed by atoms with E-state index in [1.807, 2.05) is 0 Å². The summed E-state index contributed by atoms with van der Waals surface area (Å²) < 4.78 is 13.0. The topological polar surface area (TPSA) is 52.6 Å². The third kappa shape index (κ3) is 1.94. The summed E-state index contributed by atoms with van der Waals surface area (Å²) in [5.41, 5.74) is -0.179. The molecule has 0 unspecified atom stereocenters. The molecule has 2 N–H and O–H groups in total.